The molecule has 8 heteroatoms. The molecular weight excluding hydrogens is 693 g/mol. The maximum Gasteiger partial charge on any atom is 0.220 e. The fraction of sp³-hybridized carbons (Fsp3) is 0.208. The maximum atomic E-state index is 6.28. The third kappa shape index (κ3) is 7.30. The Kier molecular flexibility index (Phi) is 10.2. The molecule has 56 heavy (non-hydrogen) atoms. The summed E-state index contributed by atoms with van der Waals surface area (Å²) in [6.07, 6.45) is 6.61. The average Bonchev–Trinajstić information content (AvgIpc) is 3.19. The van der Waals surface area contributed by atoms with Gasteiger partial charge < -0.3 is 32.4 Å². The van der Waals surface area contributed by atoms with Gasteiger partial charge in [-0.05, 0) is 97.8 Å². The highest BCUT2D eigenvalue weighted by molar-refractivity contribution is 6.11. The van der Waals surface area contributed by atoms with Crippen molar-refractivity contribution in [1.29, 1.82) is 0 Å². The van der Waals surface area contributed by atoms with Gasteiger partial charge >= 0.3 is 0 Å². The van der Waals surface area contributed by atoms with Gasteiger partial charge in [0.05, 0.1) is 45.9 Å². The van der Waals surface area contributed by atoms with Crippen molar-refractivity contribution in [2.24, 2.45) is 14.1 Å². The Morgan fingerprint density at radius 2 is 0.768 bits per heavy atom. The Morgan fingerprint density at radius 3 is 1.20 bits per heavy atom. The van der Waals surface area contributed by atoms with Crippen molar-refractivity contribution >= 4 is 66.1 Å². The van der Waals surface area contributed by atoms with E-state index in [4.69, 9.17) is 32.4 Å². The first-order chi connectivity index (χ1) is 27.2. The summed E-state index contributed by atoms with van der Waals surface area (Å²) in [7, 11) is 4.17. The van der Waals surface area contributed by atoms with Crippen molar-refractivity contribution < 1.29 is 18.6 Å². The lowest BCUT2D eigenvalue weighted by Gasteiger charge is -2.12. The first-order valence-corrected chi connectivity index (χ1v) is 19.5. The van der Waals surface area contributed by atoms with Gasteiger partial charge in [0, 0.05) is 45.7 Å². The fourth-order valence-corrected chi connectivity index (χ4v) is 8.15. The minimum atomic E-state index is 0.682. The molecule has 0 aliphatic carbocycles. The molecule has 0 spiro atoms. The number of hydrogen-bond acceptors (Lipinski definition) is 6. The number of nitrogens with two attached hydrogens (primary N) is 4. The molecule has 8 aromatic rings. The predicted molar refractivity (Wildman–Crippen MR) is 232 cm³/mol. The molecule has 0 aliphatic heterocycles. The molecule has 0 amide bonds. The molecule has 8 rings (SSSR count). The third-order valence-electron chi connectivity index (χ3n) is 10.9. The summed E-state index contributed by atoms with van der Waals surface area (Å²) in [5, 5.41) is 6.78. The molecule has 6 aromatic carbocycles. The summed E-state index contributed by atoms with van der Waals surface area (Å²) >= 11 is 0. The molecular formula is C48H50N6O2+2. The van der Waals surface area contributed by atoms with E-state index in [0.717, 1.165) is 126 Å². The van der Waals surface area contributed by atoms with E-state index in [0.29, 0.717) is 13.2 Å². The van der Waals surface area contributed by atoms with Gasteiger partial charge in [-0.3, -0.25) is 0 Å². The number of hydrogen-bond donors (Lipinski definition) is 4. The van der Waals surface area contributed by atoms with Crippen LogP contribution in [0.2, 0.25) is 0 Å². The fourth-order valence-electron chi connectivity index (χ4n) is 8.15. The molecule has 8 nitrogen and oxygen atoms in total. The van der Waals surface area contributed by atoms with Crippen molar-refractivity contribution in [1.82, 2.24) is 0 Å². The van der Waals surface area contributed by atoms with Crippen molar-refractivity contribution in [3.8, 4) is 34.0 Å². The van der Waals surface area contributed by atoms with E-state index in [1.807, 2.05) is 48.5 Å². The number of nitrogen functional groups attached to an aromatic ring is 4. The maximum absolute atomic E-state index is 6.28. The molecule has 2 aromatic heterocycles. The van der Waals surface area contributed by atoms with Crippen LogP contribution in [0.15, 0.2) is 121 Å². The molecule has 0 radical (unpaired) electrons. The third-order valence-corrected chi connectivity index (χ3v) is 10.9. The van der Waals surface area contributed by atoms with Crippen LogP contribution in [0.25, 0.3) is 65.9 Å². The van der Waals surface area contributed by atoms with E-state index < -0.39 is 0 Å². The number of ether oxygens (including phenoxy) is 2. The van der Waals surface area contributed by atoms with Gasteiger partial charge in [-0.2, -0.15) is 9.13 Å². The number of anilines is 4. The quantitative estimate of drug-likeness (QED) is 0.0403. The average molecular weight is 743 g/mol. The number of rotatable bonds is 13. The predicted octanol–water partition coefficient (Wildman–Crippen LogP) is 9.41. The van der Waals surface area contributed by atoms with E-state index in [2.05, 4.69) is 96.0 Å². The number of aryl methyl sites for hydroxylation is 2. The number of fused-ring (bicyclic) bond motifs is 6. The number of nitrogens with zero attached hydrogens (tertiary/aromatic N) is 2. The molecule has 0 unspecified atom stereocenters. The highest BCUT2D eigenvalue weighted by Crippen LogP contribution is 2.36. The monoisotopic (exact) mass is 742 g/mol. The van der Waals surface area contributed by atoms with Gasteiger partial charge in [-0.1, -0.05) is 49.9 Å². The second kappa shape index (κ2) is 15.7. The minimum Gasteiger partial charge on any atom is -0.494 e. The van der Waals surface area contributed by atoms with Crippen LogP contribution < -0.4 is 41.5 Å². The van der Waals surface area contributed by atoms with Gasteiger partial charge in [-0.25, -0.2) is 0 Å². The first-order valence-electron chi connectivity index (χ1n) is 19.5. The second-order valence-electron chi connectivity index (χ2n) is 14.9. The molecule has 0 fully saturated rings. The molecule has 0 bridgehead atoms. The summed E-state index contributed by atoms with van der Waals surface area (Å²) in [4.78, 5) is 0. The van der Waals surface area contributed by atoms with Gasteiger partial charge in [-0.15, -0.1) is 0 Å². The standard InChI is InChI=1S/C48H48N6O2/c1-53-45-29-35(51)17-21-41(45)39-19-15-33(49)27-43(39)47(53)31-11-9-13-37(25-31)55-23-7-5-3-4-6-8-24-56-38-14-10-12-32(26-38)48-44-28-34(50)16-20-40(44)42-22-18-36(52)30-46(42)54(48)2/h9-22,25-30,51-52H,3-8,23-24,49-50H2,1-2H3/p+2. The normalized spacial score (nSPS) is 11.5. The summed E-state index contributed by atoms with van der Waals surface area (Å²) in [6, 6.07) is 41.1. The lowest BCUT2D eigenvalue weighted by atomic mass is 9.98. The van der Waals surface area contributed by atoms with E-state index in [1.165, 1.54) is 12.8 Å². The molecule has 0 aliphatic rings. The summed E-state index contributed by atoms with van der Waals surface area (Å²) in [5.41, 5.74) is 34.4. The zero-order chi connectivity index (χ0) is 38.8. The van der Waals surface area contributed by atoms with Crippen LogP contribution in [0, 0.1) is 0 Å². The van der Waals surface area contributed by atoms with Crippen molar-refractivity contribution in [3.63, 3.8) is 0 Å². The number of benzene rings is 6. The zero-order valence-corrected chi connectivity index (χ0v) is 32.2. The van der Waals surface area contributed by atoms with Crippen LogP contribution in [-0.2, 0) is 14.1 Å². The van der Waals surface area contributed by atoms with Crippen LogP contribution in [0.1, 0.15) is 38.5 Å². The molecule has 0 saturated carbocycles. The van der Waals surface area contributed by atoms with E-state index >= 15 is 0 Å². The molecule has 282 valence electrons. The molecule has 8 N–H and O–H groups in total. The van der Waals surface area contributed by atoms with Crippen LogP contribution in [0.4, 0.5) is 22.7 Å². The van der Waals surface area contributed by atoms with Crippen LogP contribution in [0.3, 0.4) is 0 Å². The minimum absolute atomic E-state index is 0.682. The second-order valence-corrected chi connectivity index (χ2v) is 14.9. The highest BCUT2D eigenvalue weighted by Gasteiger charge is 2.23. The van der Waals surface area contributed by atoms with E-state index in [-0.39, 0.29) is 0 Å². The Hall–Kier alpha value is -6.54. The highest BCUT2D eigenvalue weighted by atomic mass is 16.5. The Bertz CT molecular complexity index is 2560. The van der Waals surface area contributed by atoms with Gasteiger partial charge in [0.2, 0.25) is 22.4 Å². The van der Waals surface area contributed by atoms with Gasteiger partial charge in [0.25, 0.3) is 0 Å². The zero-order valence-electron chi connectivity index (χ0n) is 32.2. The smallest absolute Gasteiger partial charge is 0.220 e. The Morgan fingerprint density at radius 1 is 0.393 bits per heavy atom. The molecule has 2 heterocycles. The molecule has 0 atom stereocenters. The lowest BCUT2D eigenvalue weighted by molar-refractivity contribution is -0.632. The number of pyridine rings is 2. The summed E-state index contributed by atoms with van der Waals surface area (Å²) in [6.45, 7) is 1.36. The topological polar surface area (TPSA) is 130 Å². The summed E-state index contributed by atoms with van der Waals surface area (Å²) in [5.74, 6) is 1.73. The first kappa shape index (κ1) is 36.4. The van der Waals surface area contributed by atoms with Gasteiger partial charge in [0.1, 0.15) is 25.6 Å². The van der Waals surface area contributed by atoms with Crippen molar-refractivity contribution in [2.45, 2.75) is 38.5 Å². The Balaban J connectivity index is 0.831. The number of unbranched alkanes of at least 4 members (excludes halogenated alkanes) is 5. The number of aromatic nitrogens is 2. The van der Waals surface area contributed by atoms with Crippen LogP contribution in [-0.4, -0.2) is 13.2 Å². The Labute approximate surface area is 327 Å². The lowest BCUT2D eigenvalue weighted by Crippen LogP contribution is -2.32. The SMILES string of the molecule is C[n+]1c(-c2cccc(OCCCCCCCCOc3cccc(-c4c5cc(N)ccc5c5ccc(N)cc5[n+]4C)c3)c2)c2cc(N)ccc2c2ccc(N)cc21. The van der Waals surface area contributed by atoms with Crippen molar-refractivity contribution in [3.05, 3.63) is 121 Å². The van der Waals surface area contributed by atoms with E-state index in [1.54, 1.807) is 0 Å². The van der Waals surface area contributed by atoms with Crippen LogP contribution >= 0.6 is 0 Å². The summed E-state index contributed by atoms with van der Waals surface area (Å²) < 4.78 is 16.9. The van der Waals surface area contributed by atoms with Gasteiger partial charge in [0.15, 0.2) is 0 Å². The van der Waals surface area contributed by atoms with E-state index in [9.17, 15) is 0 Å². The largest absolute Gasteiger partial charge is 0.494 e. The van der Waals surface area contributed by atoms with Crippen molar-refractivity contribution in [2.75, 3.05) is 36.1 Å². The van der Waals surface area contributed by atoms with Crippen LogP contribution in [0.5, 0.6) is 11.5 Å². The molecule has 0 saturated heterocycles.